The van der Waals surface area contributed by atoms with Crippen molar-refractivity contribution in [2.24, 2.45) is 5.41 Å². The van der Waals surface area contributed by atoms with E-state index in [1.165, 1.54) is 6.20 Å². The van der Waals surface area contributed by atoms with Crippen LogP contribution in [0.1, 0.15) is 12.8 Å². The predicted molar refractivity (Wildman–Crippen MR) is 94.9 cm³/mol. The van der Waals surface area contributed by atoms with Crippen molar-refractivity contribution >= 4 is 33.5 Å². The molecular formula is C15H23ClN4O3S. The molecule has 134 valence electrons. The second kappa shape index (κ2) is 7.79. The average Bonchev–Trinajstić information content (AvgIpc) is 2.99. The molecule has 0 amide bonds. The van der Waals surface area contributed by atoms with Crippen LogP contribution in [-0.4, -0.2) is 51.7 Å². The maximum atomic E-state index is 12.7. The first-order valence-electron chi connectivity index (χ1n) is 7.68. The van der Waals surface area contributed by atoms with E-state index in [2.05, 4.69) is 20.0 Å². The van der Waals surface area contributed by atoms with Gasteiger partial charge < -0.3 is 15.0 Å². The van der Waals surface area contributed by atoms with Crippen molar-refractivity contribution < 1.29 is 13.2 Å². The van der Waals surface area contributed by atoms with Gasteiger partial charge in [0.15, 0.2) is 0 Å². The van der Waals surface area contributed by atoms with Crippen LogP contribution < -0.4 is 10.0 Å². The molecule has 1 aliphatic heterocycles. The van der Waals surface area contributed by atoms with E-state index in [0.29, 0.717) is 24.2 Å². The fourth-order valence-corrected chi connectivity index (χ4v) is 4.43. The smallest absolute Gasteiger partial charge is 0.242 e. The molecule has 1 aliphatic rings. The van der Waals surface area contributed by atoms with E-state index in [0.717, 1.165) is 25.9 Å². The number of hydrogen-bond donors (Lipinski definition) is 3. The lowest BCUT2D eigenvalue weighted by atomic mass is 9.80. The summed E-state index contributed by atoms with van der Waals surface area (Å²) in [4.78, 5) is 7.27. The van der Waals surface area contributed by atoms with Crippen LogP contribution in [0.5, 0.6) is 0 Å². The largest absolute Gasteiger partial charge is 0.384 e. The number of ether oxygens (including phenoxy) is 1. The molecule has 1 fully saturated rings. The number of halogens is 1. The number of H-pyrrole nitrogens is 1. The Bertz CT molecular complexity index is 766. The minimum absolute atomic E-state index is 0. The molecule has 0 aliphatic carbocycles. The van der Waals surface area contributed by atoms with Gasteiger partial charge in [-0.15, -0.1) is 12.4 Å². The van der Waals surface area contributed by atoms with Gasteiger partial charge in [0.25, 0.3) is 0 Å². The average molecular weight is 375 g/mol. The van der Waals surface area contributed by atoms with Crippen molar-refractivity contribution in [2.75, 3.05) is 33.4 Å². The maximum absolute atomic E-state index is 12.7. The van der Waals surface area contributed by atoms with Gasteiger partial charge in [-0.3, -0.25) is 0 Å². The van der Waals surface area contributed by atoms with Gasteiger partial charge in [0.1, 0.15) is 10.5 Å². The van der Waals surface area contributed by atoms with E-state index in [9.17, 15) is 8.42 Å². The number of sulfonamides is 1. The molecule has 0 bridgehead atoms. The highest BCUT2D eigenvalue weighted by atomic mass is 35.5. The lowest BCUT2D eigenvalue weighted by Gasteiger charge is -2.37. The molecular weight excluding hydrogens is 352 g/mol. The van der Waals surface area contributed by atoms with Crippen LogP contribution in [0.4, 0.5) is 0 Å². The Kier molecular flexibility index (Phi) is 6.22. The summed E-state index contributed by atoms with van der Waals surface area (Å²) in [6, 6.07) is 3.48. The Balaban J connectivity index is 0.00000208. The third kappa shape index (κ3) is 3.89. The molecule has 0 saturated carbocycles. The Morgan fingerprint density at radius 2 is 2.12 bits per heavy atom. The molecule has 3 rings (SSSR count). The molecule has 1 saturated heterocycles. The highest BCUT2D eigenvalue weighted by Crippen LogP contribution is 2.29. The lowest BCUT2D eigenvalue weighted by Crippen LogP contribution is -2.47. The van der Waals surface area contributed by atoms with Crippen molar-refractivity contribution in [1.29, 1.82) is 0 Å². The molecule has 0 unspecified atom stereocenters. The van der Waals surface area contributed by atoms with Gasteiger partial charge in [0.2, 0.25) is 10.0 Å². The molecule has 0 aromatic carbocycles. The summed E-state index contributed by atoms with van der Waals surface area (Å²) < 4.78 is 33.5. The topological polar surface area (TPSA) is 96.1 Å². The number of nitrogens with zero attached hydrogens (tertiary/aromatic N) is 1. The highest BCUT2D eigenvalue weighted by Gasteiger charge is 2.34. The molecule has 24 heavy (non-hydrogen) atoms. The molecule has 0 spiro atoms. The zero-order valence-corrected chi connectivity index (χ0v) is 15.2. The van der Waals surface area contributed by atoms with Crippen LogP contribution in [-0.2, 0) is 14.8 Å². The van der Waals surface area contributed by atoms with E-state index in [4.69, 9.17) is 4.74 Å². The van der Waals surface area contributed by atoms with Crippen LogP contribution in [0.3, 0.4) is 0 Å². The van der Waals surface area contributed by atoms with Gasteiger partial charge in [-0.25, -0.2) is 18.1 Å². The molecule has 2 aromatic rings. The minimum atomic E-state index is -3.60. The lowest BCUT2D eigenvalue weighted by molar-refractivity contribution is 0.0577. The normalized spacial score (nSPS) is 17.5. The first kappa shape index (κ1) is 19.1. The maximum Gasteiger partial charge on any atom is 0.242 e. The van der Waals surface area contributed by atoms with Crippen molar-refractivity contribution in [1.82, 2.24) is 20.0 Å². The van der Waals surface area contributed by atoms with Crippen LogP contribution in [0.15, 0.2) is 29.4 Å². The van der Waals surface area contributed by atoms with Gasteiger partial charge in [-0.05, 0) is 38.1 Å². The molecule has 3 N–H and O–H groups in total. The number of pyridine rings is 1. The van der Waals surface area contributed by atoms with Crippen molar-refractivity contribution in [2.45, 2.75) is 17.7 Å². The third-order valence-electron chi connectivity index (χ3n) is 4.45. The highest BCUT2D eigenvalue weighted by molar-refractivity contribution is 7.89. The first-order valence-corrected chi connectivity index (χ1v) is 9.16. The first-order chi connectivity index (χ1) is 11.1. The Labute approximate surface area is 148 Å². The molecule has 3 heterocycles. The fourth-order valence-electron chi connectivity index (χ4n) is 3.11. The number of hydrogen-bond acceptors (Lipinski definition) is 5. The van der Waals surface area contributed by atoms with Gasteiger partial charge in [-0.1, -0.05) is 0 Å². The number of aromatic nitrogens is 2. The summed E-state index contributed by atoms with van der Waals surface area (Å²) in [7, 11) is -1.94. The van der Waals surface area contributed by atoms with Gasteiger partial charge in [0, 0.05) is 36.8 Å². The summed E-state index contributed by atoms with van der Waals surface area (Å²) >= 11 is 0. The van der Waals surface area contributed by atoms with Gasteiger partial charge >= 0.3 is 0 Å². The van der Waals surface area contributed by atoms with Crippen LogP contribution in [0, 0.1) is 5.41 Å². The number of piperidine rings is 1. The van der Waals surface area contributed by atoms with Crippen LogP contribution in [0.2, 0.25) is 0 Å². The molecule has 2 aromatic heterocycles. The molecule has 9 heteroatoms. The molecule has 7 nitrogen and oxygen atoms in total. The van der Waals surface area contributed by atoms with E-state index < -0.39 is 10.0 Å². The summed E-state index contributed by atoms with van der Waals surface area (Å²) in [6.07, 6.45) is 4.90. The monoisotopic (exact) mass is 374 g/mol. The van der Waals surface area contributed by atoms with Crippen molar-refractivity contribution in [3.63, 3.8) is 0 Å². The van der Waals surface area contributed by atoms with E-state index >= 15 is 0 Å². The molecule has 0 radical (unpaired) electrons. The Morgan fingerprint density at radius 3 is 2.83 bits per heavy atom. The molecule has 0 atom stereocenters. The van der Waals surface area contributed by atoms with Gasteiger partial charge in [-0.2, -0.15) is 0 Å². The number of aromatic amines is 1. The quantitative estimate of drug-likeness (QED) is 0.707. The SMILES string of the molecule is COCC1(CNS(=O)(=O)c2c[nH]c3ncccc23)CCNCC1.Cl. The minimum Gasteiger partial charge on any atom is -0.384 e. The summed E-state index contributed by atoms with van der Waals surface area (Å²) in [5.41, 5.74) is 0.415. The van der Waals surface area contributed by atoms with Gasteiger partial charge in [0.05, 0.1) is 6.61 Å². The summed E-state index contributed by atoms with van der Waals surface area (Å²) in [5, 5.41) is 3.90. The predicted octanol–water partition coefficient (Wildman–Crippen LogP) is 1.28. The number of nitrogens with one attached hydrogen (secondary N) is 3. The van der Waals surface area contributed by atoms with Crippen LogP contribution in [0.25, 0.3) is 11.0 Å². The second-order valence-electron chi connectivity index (χ2n) is 6.06. The number of rotatable bonds is 6. The Hall–Kier alpha value is -1.19. The van der Waals surface area contributed by atoms with E-state index in [1.54, 1.807) is 25.4 Å². The number of fused-ring (bicyclic) bond motifs is 1. The zero-order chi connectivity index (χ0) is 16.3. The van der Waals surface area contributed by atoms with E-state index in [-0.39, 0.29) is 22.7 Å². The van der Waals surface area contributed by atoms with Crippen LogP contribution >= 0.6 is 12.4 Å². The Morgan fingerprint density at radius 1 is 1.38 bits per heavy atom. The standard InChI is InChI=1S/C15H22N4O3S.ClH/c1-22-11-15(4-7-16-8-5-15)10-19-23(20,21)13-9-18-14-12(13)3-2-6-17-14;/h2-3,6,9,16,19H,4-5,7-8,10-11H2,1H3,(H,17,18);1H. The van der Waals surface area contributed by atoms with Crippen molar-refractivity contribution in [3.8, 4) is 0 Å². The number of methoxy groups -OCH3 is 1. The fraction of sp³-hybridized carbons (Fsp3) is 0.533. The third-order valence-corrected chi connectivity index (χ3v) is 5.90. The summed E-state index contributed by atoms with van der Waals surface area (Å²) in [5.74, 6) is 0. The van der Waals surface area contributed by atoms with Crippen molar-refractivity contribution in [3.05, 3.63) is 24.5 Å². The zero-order valence-electron chi connectivity index (χ0n) is 13.5. The summed E-state index contributed by atoms with van der Waals surface area (Å²) in [6.45, 7) is 2.68. The second-order valence-corrected chi connectivity index (χ2v) is 7.80. The van der Waals surface area contributed by atoms with E-state index in [1.807, 2.05) is 0 Å².